The topological polar surface area (TPSA) is 0 Å². The lowest BCUT2D eigenvalue weighted by Gasteiger charge is -2.60. The lowest BCUT2D eigenvalue weighted by atomic mass is 9.45. The van der Waals surface area contributed by atoms with Crippen LogP contribution < -0.4 is 0 Å². The van der Waals surface area contributed by atoms with Gasteiger partial charge >= 0.3 is 0 Å². The number of hydrogen-bond donors (Lipinski definition) is 0. The molecule has 0 aromatic carbocycles. The summed E-state index contributed by atoms with van der Waals surface area (Å²) in [6, 6.07) is 0. The molecule has 4 fully saturated rings. The molecule has 0 nitrogen and oxygen atoms in total. The SMILES string of the molecule is C#CC1=CC[C@H](C/C(=C\C)[C@@H]2CC[C@@H]3C2CC[C@@H]2C4CC[C@@](C)(CC)CC4(C)CC[C@@H]32)C=C1. The van der Waals surface area contributed by atoms with Gasteiger partial charge in [-0.25, -0.2) is 0 Å². The van der Waals surface area contributed by atoms with Gasteiger partial charge in [-0.05, 0) is 130 Å². The molecule has 0 aliphatic heterocycles. The van der Waals surface area contributed by atoms with Gasteiger partial charge in [0.15, 0.2) is 0 Å². The van der Waals surface area contributed by atoms with E-state index in [0.717, 1.165) is 47.5 Å². The first-order chi connectivity index (χ1) is 15.9. The van der Waals surface area contributed by atoms with Crippen LogP contribution in [0, 0.1) is 64.6 Å². The molecule has 0 aromatic rings. The van der Waals surface area contributed by atoms with Gasteiger partial charge in [0, 0.05) is 5.57 Å². The summed E-state index contributed by atoms with van der Waals surface area (Å²) in [7, 11) is 0. The molecule has 0 N–H and O–H groups in total. The quantitative estimate of drug-likeness (QED) is 0.299. The van der Waals surface area contributed by atoms with Crippen molar-refractivity contribution in [1.29, 1.82) is 0 Å². The molecule has 4 saturated carbocycles. The van der Waals surface area contributed by atoms with E-state index in [0.29, 0.717) is 16.7 Å². The first-order valence-electron chi connectivity index (χ1n) is 14.4. The summed E-state index contributed by atoms with van der Waals surface area (Å²) in [6.07, 6.45) is 32.2. The second-order valence-corrected chi connectivity index (χ2v) is 13.3. The normalized spacial score (nSPS) is 47.2. The highest BCUT2D eigenvalue weighted by molar-refractivity contribution is 5.38. The van der Waals surface area contributed by atoms with E-state index >= 15 is 0 Å². The van der Waals surface area contributed by atoms with Gasteiger partial charge < -0.3 is 0 Å². The van der Waals surface area contributed by atoms with Crippen LogP contribution in [0.2, 0.25) is 0 Å². The highest BCUT2D eigenvalue weighted by Crippen LogP contribution is 2.65. The molecule has 33 heavy (non-hydrogen) atoms. The molecule has 0 radical (unpaired) electrons. The zero-order chi connectivity index (χ0) is 23.2. The highest BCUT2D eigenvalue weighted by atomic mass is 14.6. The number of rotatable bonds is 4. The molecule has 0 heteroatoms. The summed E-state index contributed by atoms with van der Waals surface area (Å²) in [5.41, 5.74) is 4.07. The molecule has 5 aliphatic carbocycles. The third-order valence-corrected chi connectivity index (χ3v) is 11.7. The number of hydrogen-bond acceptors (Lipinski definition) is 0. The van der Waals surface area contributed by atoms with E-state index < -0.39 is 0 Å². The Hall–Kier alpha value is -1.22. The Morgan fingerprint density at radius 3 is 2.48 bits per heavy atom. The fraction of sp³-hybridized carbons (Fsp3) is 0.758. The van der Waals surface area contributed by atoms with E-state index in [-0.39, 0.29) is 0 Å². The van der Waals surface area contributed by atoms with E-state index in [1.807, 2.05) is 0 Å². The number of fused-ring (bicyclic) bond motifs is 5. The molecule has 0 heterocycles. The standard InChI is InChI=1S/C33H48/c1-6-23-9-11-24(12-10-23)21-25(7-2)26-13-14-28-27(26)15-16-30-29(28)17-20-33(5)22-32(4,8-3)19-18-31(30)33/h1,7,9-11,24,26-31H,8,12-22H2,2-5H3/b25-7+/t24-,26+,27?,28-,29+,30+,31?,32-,33?/m1/s1. The van der Waals surface area contributed by atoms with E-state index in [4.69, 9.17) is 6.42 Å². The van der Waals surface area contributed by atoms with Crippen molar-refractivity contribution >= 4 is 0 Å². The molecule has 0 amide bonds. The zero-order valence-electron chi connectivity index (χ0n) is 21.9. The largest absolute Gasteiger partial charge is 0.115 e. The van der Waals surface area contributed by atoms with Crippen molar-refractivity contribution in [3.8, 4) is 12.3 Å². The van der Waals surface area contributed by atoms with Gasteiger partial charge in [0.25, 0.3) is 0 Å². The summed E-state index contributed by atoms with van der Waals surface area (Å²) < 4.78 is 0. The maximum Gasteiger partial charge on any atom is 0.0199 e. The Labute approximate surface area is 204 Å². The van der Waals surface area contributed by atoms with Crippen molar-refractivity contribution in [3.63, 3.8) is 0 Å². The van der Waals surface area contributed by atoms with Crippen LogP contribution in [-0.2, 0) is 0 Å². The van der Waals surface area contributed by atoms with Gasteiger partial charge in [-0.2, -0.15) is 0 Å². The fourth-order valence-corrected chi connectivity index (χ4v) is 9.91. The molecule has 0 spiro atoms. The van der Waals surface area contributed by atoms with Crippen molar-refractivity contribution in [2.75, 3.05) is 0 Å². The zero-order valence-corrected chi connectivity index (χ0v) is 21.9. The van der Waals surface area contributed by atoms with Gasteiger partial charge in [0.05, 0.1) is 0 Å². The Balaban J connectivity index is 1.26. The minimum Gasteiger partial charge on any atom is -0.115 e. The molecule has 0 bridgehead atoms. The predicted molar refractivity (Wildman–Crippen MR) is 142 cm³/mol. The Kier molecular flexibility index (Phi) is 6.48. The average molecular weight is 445 g/mol. The molecule has 5 rings (SSSR count). The monoisotopic (exact) mass is 444 g/mol. The van der Waals surface area contributed by atoms with Gasteiger partial charge in [0.1, 0.15) is 0 Å². The summed E-state index contributed by atoms with van der Waals surface area (Å²) in [5, 5.41) is 0. The average Bonchev–Trinajstić information content (AvgIpc) is 3.26. The van der Waals surface area contributed by atoms with Crippen LogP contribution in [0.25, 0.3) is 0 Å². The summed E-state index contributed by atoms with van der Waals surface area (Å²) in [4.78, 5) is 0. The Morgan fingerprint density at radius 1 is 1.03 bits per heavy atom. The number of allylic oxidation sites excluding steroid dienone is 6. The van der Waals surface area contributed by atoms with Crippen molar-refractivity contribution in [2.45, 2.75) is 105 Å². The van der Waals surface area contributed by atoms with Crippen molar-refractivity contribution < 1.29 is 0 Å². The van der Waals surface area contributed by atoms with Crippen LogP contribution in [0.4, 0.5) is 0 Å². The Bertz CT molecular complexity index is 863. The Morgan fingerprint density at radius 2 is 1.79 bits per heavy atom. The molecule has 0 aromatic heterocycles. The smallest absolute Gasteiger partial charge is 0.0199 e. The van der Waals surface area contributed by atoms with Gasteiger partial charge in [0.2, 0.25) is 0 Å². The van der Waals surface area contributed by atoms with Gasteiger partial charge in [-0.15, -0.1) is 6.42 Å². The van der Waals surface area contributed by atoms with Gasteiger partial charge in [-0.1, -0.05) is 63.0 Å². The molecule has 0 saturated heterocycles. The maximum absolute atomic E-state index is 5.59. The van der Waals surface area contributed by atoms with Crippen LogP contribution in [0.3, 0.4) is 0 Å². The highest BCUT2D eigenvalue weighted by Gasteiger charge is 2.56. The van der Waals surface area contributed by atoms with Gasteiger partial charge in [-0.3, -0.25) is 0 Å². The first-order valence-corrected chi connectivity index (χ1v) is 14.4. The third kappa shape index (κ3) is 4.21. The van der Waals surface area contributed by atoms with Crippen LogP contribution in [0.15, 0.2) is 35.5 Å². The van der Waals surface area contributed by atoms with E-state index in [2.05, 4.69) is 57.9 Å². The predicted octanol–water partition coefficient (Wildman–Crippen LogP) is 9.14. The summed E-state index contributed by atoms with van der Waals surface area (Å²) >= 11 is 0. The maximum atomic E-state index is 5.59. The second-order valence-electron chi connectivity index (χ2n) is 13.3. The third-order valence-electron chi connectivity index (χ3n) is 11.7. The fourth-order valence-electron chi connectivity index (χ4n) is 9.91. The van der Waals surface area contributed by atoms with Crippen LogP contribution in [0.5, 0.6) is 0 Å². The van der Waals surface area contributed by atoms with Crippen molar-refractivity contribution in [1.82, 2.24) is 0 Å². The molecular weight excluding hydrogens is 396 g/mol. The van der Waals surface area contributed by atoms with Crippen LogP contribution in [0.1, 0.15) is 105 Å². The van der Waals surface area contributed by atoms with Crippen LogP contribution in [-0.4, -0.2) is 0 Å². The minimum absolute atomic E-state index is 0.609. The lowest BCUT2D eigenvalue weighted by Crippen LogP contribution is -2.51. The minimum atomic E-state index is 0.609. The van der Waals surface area contributed by atoms with E-state index in [9.17, 15) is 0 Å². The van der Waals surface area contributed by atoms with Crippen molar-refractivity contribution in [3.05, 3.63) is 35.5 Å². The lowest BCUT2D eigenvalue weighted by molar-refractivity contribution is -0.0989. The second kappa shape index (κ2) is 9.10. The molecule has 180 valence electrons. The van der Waals surface area contributed by atoms with Crippen LogP contribution >= 0.6 is 0 Å². The molecular formula is C33H48. The summed E-state index contributed by atoms with van der Waals surface area (Å²) in [5.74, 6) is 9.37. The molecule has 3 unspecified atom stereocenters. The van der Waals surface area contributed by atoms with E-state index in [1.165, 1.54) is 70.6 Å². The van der Waals surface area contributed by atoms with E-state index in [1.54, 1.807) is 5.57 Å². The number of terminal acetylenes is 1. The molecule has 9 atom stereocenters. The first kappa shape index (κ1) is 23.5. The summed E-state index contributed by atoms with van der Waals surface area (Å²) in [6.45, 7) is 10.0. The van der Waals surface area contributed by atoms with Crippen molar-refractivity contribution in [2.24, 2.45) is 52.3 Å². The molecule has 5 aliphatic rings.